The van der Waals surface area contributed by atoms with Crippen molar-refractivity contribution in [3.8, 4) is 5.75 Å². The summed E-state index contributed by atoms with van der Waals surface area (Å²) in [5.74, 6) is 0.0673. The molecule has 2 aromatic carbocycles. The van der Waals surface area contributed by atoms with E-state index in [2.05, 4.69) is 16.7 Å². The second-order valence-electron chi connectivity index (χ2n) is 6.18. The number of ether oxygens (including phenoxy) is 1. The average molecular weight is 322 g/mol. The van der Waals surface area contributed by atoms with E-state index in [4.69, 9.17) is 4.74 Å². The summed E-state index contributed by atoms with van der Waals surface area (Å²) in [5, 5.41) is 5.63. The molecule has 1 heterocycles. The van der Waals surface area contributed by atoms with Gasteiger partial charge in [0.1, 0.15) is 5.75 Å². The van der Waals surface area contributed by atoms with Crippen molar-refractivity contribution in [3.63, 3.8) is 0 Å². The maximum atomic E-state index is 12.3. The van der Waals surface area contributed by atoms with Crippen LogP contribution < -0.4 is 15.4 Å². The summed E-state index contributed by atoms with van der Waals surface area (Å²) in [4.78, 5) is 24.3. The first kappa shape index (κ1) is 14.8. The minimum Gasteiger partial charge on any atom is -0.478 e. The van der Waals surface area contributed by atoms with Crippen LogP contribution in [0.1, 0.15) is 24.0 Å². The van der Waals surface area contributed by atoms with E-state index in [-0.39, 0.29) is 18.2 Å². The van der Waals surface area contributed by atoms with Crippen molar-refractivity contribution in [3.05, 3.63) is 53.6 Å². The van der Waals surface area contributed by atoms with Gasteiger partial charge in [-0.05, 0) is 54.7 Å². The number of rotatable bonds is 3. The van der Waals surface area contributed by atoms with Crippen LogP contribution >= 0.6 is 0 Å². The van der Waals surface area contributed by atoms with Crippen LogP contribution in [-0.2, 0) is 22.4 Å². The van der Waals surface area contributed by atoms with Crippen LogP contribution in [0, 0.1) is 0 Å². The fraction of sp³-hybridized carbons (Fsp3) is 0.263. The Morgan fingerprint density at radius 3 is 2.92 bits per heavy atom. The Bertz CT molecular complexity index is 816. The fourth-order valence-corrected chi connectivity index (χ4v) is 3.26. The van der Waals surface area contributed by atoms with Crippen molar-refractivity contribution in [2.24, 2.45) is 0 Å². The van der Waals surface area contributed by atoms with Crippen molar-refractivity contribution < 1.29 is 14.3 Å². The van der Waals surface area contributed by atoms with Crippen LogP contribution in [0.2, 0.25) is 0 Å². The molecule has 2 aliphatic rings. The van der Waals surface area contributed by atoms with Crippen LogP contribution in [0.25, 0.3) is 0 Å². The third-order valence-electron chi connectivity index (χ3n) is 4.46. The number of carbonyl (C=O) groups is 2. The maximum Gasteiger partial charge on any atom is 0.266 e. The average Bonchev–Trinajstić information content (AvgIpc) is 3.03. The van der Waals surface area contributed by atoms with Gasteiger partial charge in [-0.2, -0.15) is 0 Å². The Balaban J connectivity index is 1.42. The highest BCUT2D eigenvalue weighted by Gasteiger charge is 2.29. The quantitative estimate of drug-likeness (QED) is 0.913. The van der Waals surface area contributed by atoms with E-state index in [0.29, 0.717) is 11.4 Å². The molecule has 1 aliphatic heterocycles. The zero-order valence-electron chi connectivity index (χ0n) is 13.2. The van der Waals surface area contributed by atoms with E-state index in [9.17, 15) is 9.59 Å². The van der Waals surface area contributed by atoms with Crippen LogP contribution in [0.5, 0.6) is 5.75 Å². The Hall–Kier alpha value is -2.82. The Kier molecular flexibility index (Phi) is 3.69. The Labute approximate surface area is 140 Å². The molecule has 5 nitrogen and oxygen atoms in total. The molecule has 122 valence electrons. The molecule has 2 N–H and O–H groups in total. The number of hydrogen-bond acceptors (Lipinski definition) is 3. The summed E-state index contributed by atoms with van der Waals surface area (Å²) in [6.45, 7) is 0. The maximum absolute atomic E-state index is 12.3. The summed E-state index contributed by atoms with van der Waals surface area (Å²) >= 11 is 0. The molecule has 0 aromatic heterocycles. The van der Waals surface area contributed by atoms with Gasteiger partial charge in [0.05, 0.1) is 12.1 Å². The van der Waals surface area contributed by atoms with Crippen molar-refractivity contribution in [2.75, 3.05) is 10.6 Å². The van der Waals surface area contributed by atoms with Crippen molar-refractivity contribution in [2.45, 2.75) is 31.8 Å². The molecule has 5 heteroatoms. The zero-order valence-corrected chi connectivity index (χ0v) is 13.2. The van der Waals surface area contributed by atoms with Gasteiger partial charge < -0.3 is 15.4 Å². The van der Waals surface area contributed by atoms with E-state index in [1.165, 1.54) is 17.5 Å². The number of amides is 2. The van der Waals surface area contributed by atoms with E-state index in [1.807, 2.05) is 24.3 Å². The first-order chi connectivity index (χ1) is 11.7. The second kappa shape index (κ2) is 6.00. The number of para-hydroxylation sites is 2. The van der Waals surface area contributed by atoms with Gasteiger partial charge >= 0.3 is 0 Å². The van der Waals surface area contributed by atoms with Crippen LogP contribution in [0.3, 0.4) is 0 Å². The summed E-state index contributed by atoms with van der Waals surface area (Å²) < 4.78 is 5.65. The van der Waals surface area contributed by atoms with Gasteiger partial charge in [0, 0.05) is 5.69 Å². The van der Waals surface area contributed by atoms with Crippen molar-refractivity contribution in [1.82, 2.24) is 0 Å². The normalized spacial score (nSPS) is 18.2. The smallest absolute Gasteiger partial charge is 0.266 e. The third kappa shape index (κ3) is 2.85. The SMILES string of the molecule is O=C(C[C@@H]1Oc2ccccc2NC1=O)Nc1ccc2c(c1)CCC2. The lowest BCUT2D eigenvalue weighted by Crippen LogP contribution is -2.39. The molecule has 0 fully saturated rings. The highest BCUT2D eigenvalue weighted by molar-refractivity contribution is 6.02. The van der Waals surface area contributed by atoms with Crippen LogP contribution in [0.4, 0.5) is 11.4 Å². The number of benzene rings is 2. The molecule has 0 radical (unpaired) electrons. The first-order valence-electron chi connectivity index (χ1n) is 8.17. The lowest BCUT2D eigenvalue weighted by Gasteiger charge is -2.25. The van der Waals surface area contributed by atoms with E-state index in [0.717, 1.165) is 18.5 Å². The second-order valence-corrected chi connectivity index (χ2v) is 6.18. The number of fused-ring (bicyclic) bond motifs is 2. The molecule has 1 atom stereocenters. The number of anilines is 2. The van der Waals surface area contributed by atoms with E-state index in [1.54, 1.807) is 12.1 Å². The van der Waals surface area contributed by atoms with Crippen molar-refractivity contribution >= 4 is 23.2 Å². The predicted octanol–water partition coefficient (Wildman–Crippen LogP) is 2.90. The molecule has 4 rings (SSSR count). The highest BCUT2D eigenvalue weighted by Crippen LogP contribution is 2.30. The topological polar surface area (TPSA) is 67.4 Å². The summed E-state index contributed by atoms with van der Waals surface area (Å²) in [7, 11) is 0. The van der Waals surface area contributed by atoms with Crippen LogP contribution in [-0.4, -0.2) is 17.9 Å². The predicted molar refractivity (Wildman–Crippen MR) is 91.2 cm³/mol. The lowest BCUT2D eigenvalue weighted by molar-refractivity contribution is -0.128. The van der Waals surface area contributed by atoms with Gasteiger partial charge in [-0.15, -0.1) is 0 Å². The third-order valence-corrected chi connectivity index (χ3v) is 4.46. The molecular weight excluding hydrogens is 304 g/mol. The minimum absolute atomic E-state index is 0.0166. The van der Waals surface area contributed by atoms with Gasteiger partial charge in [-0.25, -0.2) is 0 Å². The molecular formula is C19H18N2O3. The lowest BCUT2D eigenvalue weighted by atomic mass is 10.1. The molecule has 0 saturated heterocycles. The molecule has 2 aromatic rings. The number of nitrogens with one attached hydrogen (secondary N) is 2. The monoisotopic (exact) mass is 322 g/mol. The molecule has 0 unspecified atom stereocenters. The van der Waals surface area contributed by atoms with Gasteiger partial charge in [-0.1, -0.05) is 18.2 Å². The number of hydrogen-bond donors (Lipinski definition) is 2. The van der Waals surface area contributed by atoms with Crippen molar-refractivity contribution in [1.29, 1.82) is 0 Å². The van der Waals surface area contributed by atoms with Crippen LogP contribution in [0.15, 0.2) is 42.5 Å². The standard InChI is InChI=1S/C19H18N2O3/c22-18(20-14-9-8-12-4-3-5-13(12)10-14)11-17-19(23)21-15-6-1-2-7-16(15)24-17/h1-2,6-10,17H,3-5,11H2,(H,20,22)(H,21,23)/t17-/m0/s1. The summed E-state index contributed by atoms with van der Waals surface area (Å²) in [6, 6.07) is 13.2. The minimum atomic E-state index is -0.811. The highest BCUT2D eigenvalue weighted by atomic mass is 16.5. The van der Waals surface area contributed by atoms with Gasteiger partial charge in [0.2, 0.25) is 5.91 Å². The molecule has 1 aliphatic carbocycles. The fourth-order valence-electron chi connectivity index (χ4n) is 3.26. The Morgan fingerprint density at radius 1 is 1.17 bits per heavy atom. The molecule has 24 heavy (non-hydrogen) atoms. The van der Waals surface area contributed by atoms with Gasteiger partial charge in [0.25, 0.3) is 5.91 Å². The molecule has 0 spiro atoms. The zero-order chi connectivity index (χ0) is 16.5. The summed E-state index contributed by atoms with van der Waals surface area (Å²) in [5.41, 5.74) is 4.07. The van der Waals surface area contributed by atoms with E-state index < -0.39 is 6.10 Å². The first-order valence-corrected chi connectivity index (χ1v) is 8.17. The summed E-state index contributed by atoms with van der Waals surface area (Å²) in [6.07, 6.45) is 2.51. The van der Waals surface area contributed by atoms with Gasteiger partial charge in [-0.3, -0.25) is 9.59 Å². The number of aryl methyl sites for hydroxylation is 2. The molecule has 2 amide bonds. The largest absolute Gasteiger partial charge is 0.478 e. The van der Waals surface area contributed by atoms with Gasteiger partial charge in [0.15, 0.2) is 6.10 Å². The Morgan fingerprint density at radius 2 is 2.00 bits per heavy atom. The number of carbonyl (C=O) groups excluding carboxylic acids is 2. The molecule has 0 saturated carbocycles. The van der Waals surface area contributed by atoms with E-state index >= 15 is 0 Å². The molecule has 0 bridgehead atoms.